The summed E-state index contributed by atoms with van der Waals surface area (Å²) in [6.45, 7) is 4.58. The summed E-state index contributed by atoms with van der Waals surface area (Å²) in [5, 5.41) is 8.48. The van der Waals surface area contributed by atoms with E-state index < -0.39 is 0 Å². The van der Waals surface area contributed by atoms with Crippen molar-refractivity contribution in [3.63, 3.8) is 0 Å². The molecule has 2 aromatic carbocycles. The monoisotopic (exact) mass is 370 g/mol. The predicted octanol–water partition coefficient (Wildman–Crippen LogP) is 4.60. The number of nitrogens with one attached hydrogen (secondary N) is 1. The van der Waals surface area contributed by atoms with Crippen molar-refractivity contribution in [3.05, 3.63) is 89.2 Å². The molecular weight excluding hydrogens is 348 g/mol. The first-order chi connectivity index (χ1) is 13.7. The van der Waals surface area contributed by atoms with E-state index in [9.17, 15) is 4.79 Å². The second-order valence-corrected chi connectivity index (χ2v) is 6.76. The Balaban J connectivity index is 1.79. The maximum absolute atomic E-state index is 13.0. The zero-order valence-electron chi connectivity index (χ0n) is 16.0. The number of anilines is 1. The summed E-state index contributed by atoms with van der Waals surface area (Å²) in [4.78, 5) is 17.8. The maximum Gasteiger partial charge on any atom is 0.256 e. The summed E-state index contributed by atoms with van der Waals surface area (Å²) in [5.74, 6) is -0.143. The van der Waals surface area contributed by atoms with Gasteiger partial charge in [0.05, 0.1) is 23.2 Å². The third kappa shape index (κ3) is 3.51. The zero-order valence-corrected chi connectivity index (χ0v) is 16.0. The van der Waals surface area contributed by atoms with Crippen LogP contribution in [0.5, 0.6) is 0 Å². The lowest BCUT2D eigenvalue weighted by Gasteiger charge is -2.09. The van der Waals surface area contributed by atoms with Crippen LogP contribution in [-0.4, -0.2) is 20.7 Å². The van der Waals surface area contributed by atoms with Gasteiger partial charge in [0, 0.05) is 11.4 Å². The number of carbonyl (C=O) groups excluding carboxylic acids is 1. The largest absolute Gasteiger partial charge is 0.322 e. The SMILES string of the molecule is CCc1cc(C(=O)Nc2ccccc2)c2c(C)nn(Cc3ccccc3)c2n1. The number of nitrogens with zero attached hydrogens (tertiary/aromatic N) is 3. The summed E-state index contributed by atoms with van der Waals surface area (Å²) < 4.78 is 1.89. The molecule has 0 aliphatic rings. The molecule has 2 heterocycles. The van der Waals surface area contributed by atoms with Gasteiger partial charge in [-0.15, -0.1) is 0 Å². The normalized spacial score (nSPS) is 10.9. The zero-order chi connectivity index (χ0) is 19.5. The lowest BCUT2D eigenvalue weighted by Crippen LogP contribution is -2.14. The molecule has 0 saturated heterocycles. The number of carbonyl (C=O) groups is 1. The molecule has 140 valence electrons. The van der Waals surface area contributed by atoms with Gasteiger partial charge in [-0.2, -0.15) is 5.10 Å². The molecule has 28 heavy (non-hydrogen) atoms. The quantitative estimate of drug-likeness (QED) is 0.558. The van der Waals surface area contributed by atoms with Crippen LogP contribution in [0.15, 0.2) is 66.7 Å². The number of aromatic nitrogens is 3. The van der Waals surface area contributed by atoms with E-state index in [4.69, 9.17) is 4.98 Å². The number of pyridine rings is 1. The van der Waals surface area contributed by atoms with E-state index in [2.05, 4.69) is 22.5 Å². The van der Waals surface area contributed by atoms with Crippen molar-refractivity contribution in [1.29, 1.82) is 0 Å². The number of hydrogen-bond acceptors (Lipinski definition) is 3. The molecule has 0 radical (unpaired) electrons. The van der Waals surface area contributed by atoms with Gasteiger partial charge < -0.3 is 5.32 Å². The van der Waals surface area contributed by atoms with E-state index in [1.54, 1.807) is 0 Å². The first-order valence-electron chi connectivity index (χ1n) is 9.43. The Kier molecular flexibility index (Phi) is 4.89. The number of amides is 1. The number of fused-ring (bicyclic) bond motifs is 1. The highest BCUT2D eigenvalue weighted by Crippen LogP contribution is 2.24. The van der Waals surface area contributed by atoms with Gasteiger partial charge in [0.1, 0.15) is 0 Å². The van der Waals surface area contributed by atoms with E-state index in [1.807, 2.05) is 73.1 Å². The lowest BCUT2D eigenvalue weighted by molar-refractivity contribution is 0.102. The maximum atomic E-state index is 13.0. The van der Waals surface area contributed by atoms with Crippen LogP contribution in [0.1, 0.15) is 34.2 Å². The van der Waals surface area contributed by atoms with E-state index >= 15 is 0 Å². The first kappa shape index (κ1) is 17.9. The summed E-state index contributed by atoms with van der Waals surface area (Å²) >= 11 is 0. The molecule has 4 rings (SSSR count). The molecule has 0 fully saturated rings. The van der Waals surface area contributed by atoms with Crippen LogP contribution < -0.4 is 5.32 Å². The van der Waals surface area contributed by atoms with Gasteiger partial charge in [-0.05, 0) is 37.1 Å². The number of aryl methyl sites for hydroxylation is 2. The Labute approximate surface area is 164 Å². The molecule has 0 bridgehead atoms. The smallest absolute Gasteiger partial charge is 0.256 e. The lowest BCUT2D eigenvalue weighted by atomic mass is 10.1. The van der Waals surface area contributed by atoms with E-state index in [1.165, 1.54) is 0 Å². The molecule has 0 atom stereocenters. The summed E-state index contributed by atoms with van der Waals surface area (Å²) in [5.41, 5.74) is 4.95. The summed E-state index contributed by atoms with van der Waals surface area (Å²) in [6.07, 6.45) is 0.747. The van der Waals surface area contributed by atoms with Gasteiger partial charge in [0.2, 0.25) is 0 Å². The van der Waals surface area contributed by atoms with Crippen molar-refractivity contribution in [2.45, 2.75) is 26.8 Å². The predicted molar refractivity (Wildman–Crippen MR) is 112 cm³/mol. The van der Waals surface area contributed by atoms with Crippen LogP contribution in [0.3, 0.4) is 0 Å². The fraction of sp³-hybridized carbons (Fsp3) is 0.174. The van der Waals surface area contributed by atoms with Crippen LogP contribution in [0.4, 0.5) is 5.69 Å². The molecule has 2 aromatic heterocycles. The second kappa shape index (κ2) is 7.64. The van der Waals surface area contributed by atoms with Crippen LogP contribution in [0.25, 0.3) is 11.0 Å². The van der Waals surface area contributed by atoms with Crippen LogP contribution in [0, 0.1) is 6.92 Å². The summed E-state index contributed by atoms with van der Waals surface area (Å²) in [6, 6.07) is 21.5. The van der Waals surface area contributed by atoms with Crippen LogP contribution >= 0.6 is 0 Å². The highest BCUT2D eigenvalue weighted by atomic mass is 16.1. The minimum absolute atomic E-state index is 0.143. The summed E-state index contributed by atoms with van der Waals surface area (Å²) in [7, 11) is 0. The van der Waals surface area contributed by atoms with Crippen molar-refractivity contribution in [1.82, 2.24) is 14.8 Å². The Morgan fingerprint density at radius 1 is 1.04 bits per heavy atom. The fourth-order valence-corrected chi connectivity index (χ4v) is 3.35. The molecule has 0 unspecified atom stereocenters. The second-order valence-electron chi connectivity index (χ2n) is 6.76. The third-order valence-corrected chi connectivity index (χ3v) is 4.74. The Hall–Kier alpha value is -3.47. The molecule has 5 heteroatoms. The van der Waals surface area contributed by atoms with E-state index in [-0.39, 0.29) is 5.91 Å². The molecule has 0 aliphatic heterocycles. The van der Waals surface area contributed by atoms with Gasteiger partial charge in [-0.25, -0.2) is 9.67 Å². The van der Waals surface area contributed by atoms with Crippen molar-refractivity contribution in [2.75, 3.05) is 5.32 Å². The van der Waals surface area contributed by atoms with E-state index in [0.29, 0.717) is 12.1 Å². The van der Waals surface area contributed by atoms with Gasteiger partial charge in [0.15, 0.2) is 5.65 Å². The number of benzene rings is 2. The molecule has 0 spiro atoms. The van der Waals surface area contributed by atoms with Gasteiger partial charge >= 0.3 is 0 Å². The average molecular weight is 370 g/mol. The van der Waals surface area contributed by atoms with Gasteiger partial charge in [-0.1, -0.05) is 55.5 Å². The molecule has 4 aromatic rings. The topological polar surface area (TPSA) is 59.8 Å². The molecule has 0 saturated carbocycles. The molecular formula is C23H22N4O. The Morgan fingerprint density at radius 2 is 1.71 bits per heavy atom. The highest BCUT2D eigenvalue weighted by Gasteiger charge is 2.19. The van der Waals surface area contributed by atoms with Gasteiger partial charge in [-0.3, -0.25) is 4.79 Å². The number of para-hydroxylation sites is 1. The molecule has 5 nitrogen and oxygen atoms in total. The minimum atomic E-state index is -0.143. The third-order valence-electron chi connectivity index (χ3n) is 4.74. The minimum Gasteiger partial charge on any atom is -0.322 e. The Morgan fingerprint density at radius 3 is 2.39 bits per heavy atom. The molecule has 1 N–H and O–H groups in total. The molecule has 0 aliphatic carbocycles. The van der Waals surface area contributed by atoms with Crippen molar-refractivity contribution >= 4 is 22.6 Å². The molecule has 1 amide bonds. The van der Waals surface area contributed by atoms with Crippen molar-refractivity contribution < 1.29 is 4.79 Å². The fourth-order valence-electron chi connectivity index (χ4n) is 3.35. The van der Waals surface area contributed by atoms with Gasteiger partial charge in [0.25, 0.3) is 5.91 Å². The first-order valence-corrected chi connectivity index (χ1v) is 9.43. The number of hydrogen-bond donors (Lipinski definition) is 1. The average Bonchev–Trinajstić information content (AvgIpc) is 3.04. The Bertz CT molecular complexity index is 1120. The van der Waals surface area contributed by atoms with Crippen LogP contribution in [0.2, 0.25) is 0 Å². The van der Waals surface area contributed by atoms with Crippen LogP contribution in [-0.2, 0) is 13.0 Å². The van der Waals surface area contributed by atoms with Crippen molar-refractivity contribution in [2.24, 2.45) is 0 Å². The van der Waals surface area contributed by atoms with E-state index in [0.717, 1.165) is 40.1 Å². The number of rotatable bonds is 5. The standard InChI is InChI=1S/C23H22N4O/c1-3-18-14-20(23(28)25-19-12-8-5-9-13-19)21-16(2)26-27(22(21)24-18)15-17-10-6-4-7-11-17/h4-14H,3,15H2,1-2H3,(H,25,28). The highest BCUT2D eigenvalue weighted by molar-refractivity contribution is 6.12. The van der Waals surface area contributed by atoms with Crippen molar-refractivity contribution in [3.8, 4) is 0 Å².